The van der Waals surface area contributed by atoms with Gasteiger partial charge >= 0.3 is 0 Å². The van der Waals surface area contributed by atoms with Gasteiger partial charge in [0.2, 0.25) is 0 Å². The molecule has 1 unspecified atom stereocenters. The van der Waals surface area contributed by atoms with Crippen LogP contribution in [-0.4, -0.2) is 12.4 Å². The molecule has 0 spiro atoms. The number of rotatable bonds is 6. The van der Waals surface area contributed by atoms with Gasteiger partial charge in [0.05, 0.1) is 6.61 Å². The summed E-state index contributed by atoms with van der Waals surface area (Å²) in [5.41, 5.74) is 2.70. The van der Waals surface area contributed by atoms with Crippen molar-refractivity contribution in [1.29, 1.82) is 0 Å². The highest BCUT2D eigenvalue weighted by Crippen LogP contribution is 2.24. The number of aryl methyl sites for hydroxylation is 1. The minimum atomic E-state index is 0.592. The van der Waals surface area contributed by atoms with E-state index in [1.54, 1.807) is 0 Å². The van der Waals surface area contributed by atoms with Gasteiger partial charge in [-0.2, -0.15) is 12.6 Å². The second-order valence-electron chi connectivity index (χ2n) is 4.22. The lowest BCUT2D eigenvalue weighted by molar-refractivity contribution is 0.335. The first-order chi connectivity index (χ1) is 7.71. The monoisotopic (exact) mass is 238 g/mol. The first kappa shape index (κ1) is 13.4. The molecule has 1 nitrogen and oxygen atoms in total. The average molecular weight is 238 g/mol. The Morgan fingerprint density at radius 2 is 2.06 bits per heavy atom. The highest BCUT2D eigenvalue weighted by Gasteiger charge is 2.08. The van der Waals surface area contributed by atoms with Crippen LogP contribution < -0.4 is 4.74 Å². The molecule has 0 saturated carbocycles. The molecule has 16 heavy (non-hydrogen) atoms. The molecule has 2 heteroatoms. The lowest BCUT2D eigenvalue weighted by atomic mass is 9.99. The highest BCUT2D eigenvalue weighted by atomic mass is 32.1. The van der Waals surface area contributed by atoms with E-state index in [9.17, 15) is 0 Å². The minimum absolute atomic E-state index is 0.592. The van der Waals surface area contributed by atoms with E-state index < -0.39 is 0 Å². The van der Waals surface area contributed by atoms with Crippen molar-refractivity contribution in [3.8, 4) is 5.75 Å². The molecule has 0 radical (unpaired) electrons. The van der Waals surface area contributed by atoms with Gasteiger partial charge in [-0.1, -0.05) is 26.0 Å². The van der Waals surface area contributed by atoms with Gasteiger partial charge in [-0.15, -0.1) is 0 Å². The smallest absolute Gasteiger partial charge is 0.122 e. The summed E-state index contributed by atoms with van der Waals surface area (Å²) < 4.78 is 5.66. The first-order valence-corrected chi connectivity index (χ1v) is 6.69. The second-order valence-corrected chi connectivity index (χ2v) is 4.59. The average Bonchev–Trinajstić information content (AvgIpc) is 2.31. The van der Waals surface area contributed by atoms with Crippen LogP contribution in [0.4, 0.5) is 0 Å². The number of hydrogen-bond donors (Lipinski definition) is 1. The van der Waals surface area contributed by atoms with E-state index in [4.69, 9.17) is 4.74 Å². The third-order valence-electron chi connectivity index (χ3n) is 2.71. The molecule has 1 atom stereocenters. The summed E-state index contributed by atoms with van der Waals surface area (Å²) in [4.78, 5) is 0. The van der Waals surface area contributed by atoms with E-state index in [0.717, 1.165) is 31.0 Å². The predicted octanol–water partition coefficient (Wildman–Crippen LogP) is 3.76. The van der Waals surface area contributed by atoms with Gasteiger partial charge < -0.3 is 4.74 Å². The number of ether oxygens (including phenoxy) is 1. The van der Waals surface area contributed by atoms with Crippen molar-refractivity contribution in [3.63, 3.8) is 0 Å². The molecule has 90 valence electrons. The van der Waals surface area contributed by atoms with E-state index in [1.807, 2.05) is 6.92 Å². The van der Waals surface area contributed by atoms with Gasteiger partial charge in [-0.25, -0.2) is 0 Å². The van der Waals surface area contributed by atoms with Crippen molar-refractivity contribution >= 4 is 12.6 Å². The third kappa shape index (κ3) is 3.75. The van der Waals surface area contributed by atoms with Crippen LogP contribution in [0.2, 0.25) is 0 Å². The predicted molar refractivity (Wildman–Crippen MR) is 73.7 cm³/mol. The molecule has 0 aliphatic heterocycles. The normalized spacial score (nSPS) is 12.5. The van der Waals surface area contributed by atoms with Gasteiger partial charge in [-0.05, 0) is 48.6 Å². The van der Waals surface area contributed by atoms with Crippen molar-refractivity contribution in [2.45, 2.75) is 33.6 Å². The summed E-state index contributed by atoms with van der Waals surface area (Å²) in [5, 5.41) is 0. The van der Waals surface area contributed by atoms with Crippen molar-refractivity contribution in [2.24, 2.45) is 5.92 Å². The molecule has 1 aromatic rings. The molecule has 0 aliphatic carbocycles. The van der Waals surface area contributed by atoms with Crippen LogP contribution in [0.15, 0.2) is 18.2 Å². The molecule has 0 aliphatic rings. The van der Waals surface area contributed by atoms with E-state index in [1.165, 1.54) is 11.1 Å². The highest BCUT2D eigenvalue weighted by molar-refractivity contribution is 7.80. The Hall–Kier alpha value is -0.630. The fraction of sp³-hybridized carbons (Fsp3) is 0.571. The molecule has 1 rings (SSSR count). The van der Waals surface area contributed by atoms with Crippen LogP contribution in [0.25, 0.3) is 0 Å². The van der Waals surface area contributed by atoms with Crippen molar-refractivity contribution in [1.82, 2.24) is 0 Å². The maximum atomic E-state index is 5.66. The maximum absolute atomic E-state index is 5.66. The zero-order valence-corrected chi connectivity index (χ0v) is 11.4. The summed E-state index contributed by atoms with van der Waals surface area (Å²) in [5.74, 6) is 2.55. The van der Waals surface area contributed by atoms with Crippen LogP contribution in [0.5, 0.6) is 5.75 Å². The topological polar surface area (TPSA) is 9.23 Å². The fourth-order valence-electron chi connectivity index (χ4n) is 1.75. The summed E-state index contributed by atoms with van der Waals surface area (Å²) in [6.45, 7) is 7.16. The molecule has 0 saturated heterocycles. The van der Waals surface area contributed by atoms with E-state index >= 15 is 0 Å². The molecular weight excluding hydrogens is 216 g/mol. The van der Waals surface area contributed by atoms with Crippen LogP contribution in [-0.2, 0) is 12.8 Å². The van der Waals surface area contributed by atoms with Gasteiger partial charge in [0.1, 0.15) is 5.75 Å². The zero-order chi connectivity index (χ0) is 12.0. The Kier molecular flexibility index (Phi) is 5.75. The van der Waals surface area contributed by atoms with Gasteiger partial charge in [-0.3, -0.25) is 0 Å². The summed E-state index contributed by atoms with van der Waals surface area (Å²) in [6, 6.07) is 6.52. The first-order valence-electron chi connectivity index (χ1n) is 6.06. The lowest BCUT2D eigenvalue weighted by Crippen LogP contribution is -2.05. The Labute approximate surface area is 105 Å². The molecule has 0 amide bonds. The SMILES string of the molecule is CCOc1ccc(CC)cc1CC(C)CS. The third-order valence-corrected chi connectivity index (χ3v) is 3.34. The molecule has 0 fully saturated rings. The van der Waals surface area contributed by atoms with E-state index in [0.29, 0.717) is 5.92 Å². The number of benzene rings is 1. The van der Waals surface area contributed by atoms with E-state index in [-0.39, 0.29) is 0 Å². The van der Waals surface area contributed by atoms with E-state index in [2.05, 4.69) is 44.7 Å². The molecule has 0 N–H and O–H groups in total. The Balaban J connectivity index is 2.90. The van der Waals surface area contributed by atoms with Crippen molar-refractivity contribution in [3.05, 3.63) is 29.3 Å². The lowest BCUT2D eigenvalue weighted by Gasteiger charge is -2.14. The molecule has 0 heterocycles. The fourth-order valence-corrected chi connectivity index (χ4v) is 1.88. The number of hydrogen-bond acceptors (Lipinski definition) is 2. The summed E-state index contributed by atoms with van der Waals surface area (Å²) >= 11 is 4.34. The molecule has 0 aromatic heterocycles. The maximum Gasteiger partial charge on any atom is 0.122 e. The second kappa shape index (κ2) is 6.85. The summed E-state index contributed by atoms with van der Waals surface area (Å²) in [7, 11) is 0. The van der Waals surface area contributed by atoms with Crippen LogP contribution in [0, 0.1) is 5.92 Å². The summed E-state index contributed by atoms with van der Waals surface area (Å²) in [6.07, 6.45) is 2.13. The van der Waals surface area contributed by atoms with Crippen LogP contribution in [0.1, 0.15) is 31.9 Å². The van der Waals surface area contributed by atoms with Gasteiger partial charge in [0.25, 0.3) is 0 Å². The quantitative estimate of drug-likeness (QED) is 0.743. The van der Waals surface area contributed by atoms with Crippen molar-refractivity contribution in [2.75, 3.05) is 12.4 Å². The Morgan fingerprint density at radius 1 is 1.31 bits per heavy atom. The molecule has 1 aromatic carbocycles. The van der Waals surface area contributed by atoms with Gasteiger partial charge in [0, 0.05) is 0 Å². The standard InChI is InChI=1S/C14H22OS/c1-4-12-6-7-14(15-5-2)13(9-12)8-11(3)10-16/h6-7,9,11,16H,4-5,8,10H2,1-3H3. The Bertz CT molecular complexity index is 323. The zero-order valence-electron chi connectivity index (χ0n) is 10.5. The minimum Gasteiger partial charge on any atom is -0.494 e. The Morgan fingerprint density at radius 3 is 2.62 bits per heavy atom. The van der Waals surface area contributed by atoms with Gasteiger partial charge in [0.15, 0.2) is 0 Å². The largest absolute Gasteiger partial charge is 0.494 e. The molecular formula is C14H22OS. The van der Waals surface area contributed by atoms with Crippen LogP contribution in [0.3, 0.4) is 0 Å². The molecule has 0 bridgehead atoms. The van der Waals surface area contributed by atoms with Crippen LogP contribution >= 0.6 is 12.6 Å². The number of thiol groups is 1. The van der Waals surface area contributed by atoms with Crippen molar-refractivity contribution < 1.29 is 4.74 Å².